The fraction of sp³-hybridized carbons (Fsp3) is 0.647. The van der Waals surface area contributed by atoms with Gasteiger partial charge in [0.05, 0.1) is 7.11 Å². The minimum absolute atomic E-state index is 0.593. The molecule has 0 bridgehead atoms. The van der Waals surface area contributed by atoms with E-state index in [1.165, 1.54) is 49.9 Å². The van der Waals surface area contributed by atoms with E-state index in [0.29, 0.717) is 6.54 Å². The maximum absolute atomic E-state index is 5.74. The van der Waals surface area contributed by atoms with Gasteiger partial charge in [-0.1, -0.05) is 25.8 Å². The first-order chi connectivity index (χ1) is 9.76. The average molecular weight is 276 g/mol. The monoisotopic (exact) mass is 276 g/mol. The second kappa shape index (κ2) is 7.65. The number of nitrogens with two attached hydrogens (primary N) is 1. The van der Waals surface area contributed by atoms with Crippen LogP contribution in [0, 0.1) is 5.92 Å². The van der Waals surface area contributed by atoms with Crippen LogP contribution in [0.5, 0.6) is 5.75 Å². The van der Waals surface area contributed by atoms with Gasteiger partial charge in [-0.2, -0.15) is 0 Å². The molecule has 0 unspecified atom stereocenters. The summed E-state index contributed by atoms with van der Waals surface area (Å²) >= 11 is 0. The van der Waals surface area contributed by atoms with Crippen molar-refractivity contribution >= 4 is 0 Å². The Kier molecular flexibility index (Phi) is 5.86. The summed E-state index contributed by atoms with van der Waals surface area (Å²) in [5.74, 6) is 1.92. The molecule has 2 N–H and O–H groups in total. The molecule has 0 aliphatic carbocycles. The summed E-state index contributed by atoms with van der Waals surface area (Å²) in [4.78, 5) is 2.55. The molecule has 2 rings (SSSR count). The summed E-state index contributed by atoms with van der Waals surface area (Å²) in [6.07, 6.45) is 5.39. The number of rotatable bonds is 6. The SMILES string of the molecule is CCCC1CCN(Cc2cc(CN)ccc2OC)CC1. The molecule has 0 amide bonds. The van der Waals surface area contributed by atoms with Crippen molar-refractivity contribution in [1.82, 2.24) is 4.90 Å². The first-order valence-corrected chi connectivity index (χ1v) is 7.85. The fourth-order valence-electron chi connectivity index (χ4n) is 3.16. The molecule has 1 aliphatic heterocycles. The summed E-state index contributed by atoms with van der Waals surface area (Å²) < 4.78 is 5.48. The zero-order valence-electron chi connectivity index (χ0n) is 12.9. The Bertz CT molecular complexity index is 411. The molecule has 0 spiro atoms. The van der Waals surface area contributed by atoms with E-state index >= 15 is 0 Å². The predicted molar refractivity (Wildman–Crippen MR) is 83.8 cm³/mol. The number of piperidine rings is 1. The lowest BCUT2D eigenvalue weighted by Crippen LogP contribution is -2.33. The minimum atomic E-state index is 0.593. The van der Waals surface area contributed by atoms with Crippen molar-refractivity contribution in [3.63, 3.8) is 0 Å². The largest absolute Gasteiger partial charge is 0.496 e. The van der Waals surface area contributed by atoms with E-state index in [0.717, 1.165) is 18.2 Å². The molecule has 0 atom stereocenters. The van der Waals surface area contributed by atoms with Gasteiger partial charge >= 0.3 is 0 Å². The molecule has 1 heterocycles. The molecule has 1 aromatic rings. The number of ether oxygens (including phenoxy) is 1. The zero-order chi connectivity index (χ0) is 14.4. The van der Waals surface area contributed by atoms with Crippen molar-refractivity contribution in [2.75, 3.05) is 20.2 Å². The number of likely N-dealkylation sites (tertiary alicyclic amines) is 1. The third kappa shape index (κ3) is 3.97. The molecule has 3 nitrogen and oxygen atoms in total. The van der Waals surface area contributed by atoms with Gasteiger partial charge < -0.3 is 10.5 Å². The molecule has 0 saturated carbocycles. The van der Waals surface area contributed by atoms with Crippen LogP contribution in [0.15, 0.2) is 18.2 Å². The van der Waals surface area contributed by atoms with Crippen molar-refractivity contribution in [3.05, 3.63) is 29.3 Å². The minimum Gasteiger partial charge on any atom is -0.496 e. The van der Waals surface area contributed by atoms with Crippen LogP contribution in [0.2, 0.25) is 0 Å². The van der Waals surface area contributed by atoms with Crippen LogP contribution in [-0.2, 0) is 13.1 Å². The zero-order valence-corrected chi connectivity index (χ0v) is 12.9. The predicted octanol–water partition coefficient (Wildman–Crippen LogP) is 3.17. The van der Waals surface area contributed by atoms with Gasteiger partial charge in [0.25, 0.3) is 0 Å². The Morgan fingerprint density at radius 1 is 1.30 bits per heavy atom. The van der Waals surface area contributed by atoms with Crippen LogP contribution < -0.4 is 10.5 Å². The van der Waals surface area contributed by atoms with Gasteiger partial charge in [0, 0.05) is 18.7 Å². The maximum atomic E-state index is 5.74. The summed E-state index contributed by atoms with van der Waals surface area (Å²) in [6, 6.07) is 6.29. The molecule has 0 aromatic heterocycles. The molecule has 1 aliphatic rings. The van der Waals surface area contributed by atoms with Crippen LogP contribution in [0.1, 0.15) is 43.7 Å². The first-order valence-electron chi connectivity index (χ1n) is 7.85. The van der Waals surface area contributed by atoms with Crippen molar-refractivity contribution in [3.8, 4) is 5.75 Å². The van der Waals surface area contributed by atoms with Crippen LogP contribution in [-0.4, -0.2) is 25.1 Å². The van der Waals surface area contributed by atoms with Crippen molar-refractivity contribution in [2.24, 2.45) is 11.7 Å². The Labute approximate surface area is 123 Å². The van der Waals surface area contributed by atoms with Crippen molar-refractivity contribution in [2.45, 2.75) is 45.7 Å². The van der Waals surface area contributed by atoms with Gasteiger partial charge in [-0.25, -0.2) is 0 Å². The van der Waals surface area contributed by atoms with Gasteiger partial charge in [0.2, 0.25) is 0 Å². The number of benzene rings is 1. The Morgan fingerprint density at radius 2 is 2.05 bits per heavy atom. The maximum Gasteiger partial charge on any atom is 0.123 e. The van der Waals surface area contributed by atoms with Gasteiger partial charge in [-0.05, 0) is 49.5 Å². The Hall–Kier alpha value is -1.06. The highest BCUT2D eigenvalue weighted by molar-refractivity contribution is 5.37. The molecule has 1 fully saturated rings. The lowest BCUT2D eigenvalue weighted by molar-refractivity contribution is 0.170. The number of methoxy groups -OCH3 is 1. The van der Waals surface area contributed by atoms with E-state index in [9.17, 15) is 0 Å². The van der Waals surface area contributed by atoms with Gasteiger partial charge in [0.15, 0.2) is 0 Å². The summed E-state index contributed by atoms with van der Waals surface area (Å²) in [6.45, 7) is 6.28. The van der Waals surface area contributed by atoms with Crippen LogP contribution in [0.25, 0.3) is 0 Å². The standard InChI is InChI=1S/C17H28N2O/c1-3-4-14-7-9-19(10-8-14)13-16-11-15(12-18)5-6-17(16)20-2/h5-6,11,14H,3-4,7-10,12-13,18H2,1-2H3. The highest BCUT2D eigenvalue weighted by Gasteiger charge is 2.19. The molecule has 20 heavy (non-hydrogen) atoms. The molecular weight excluding hydrogens is 248 g/mol. The number of nitrogens with zero attached hydrogens (tertiary/aromatic N) is 1. The van der Waals surface area contributed by atoms with Crippen molar-refractivity contribution in [1.29, 1.82) is 0 Å². The quantitative estimate of drug-likeness (QED) is 0.867. The van der Waals surface area contributed by atoms with E-state index in [2.05, 4.69) is 24.0 Å². The third-order valence-corrected chi connectivity index (χ3v) is 4.38. The average Bonchev–Trinajstić information content (AvgIpc) is 2.49. The van der Waals surface area contributed by atoms with Crippen molar-refractivity contribution < 1.29 is 4.74 Å². The molecule has 1 aromatic carbocycles. The van der Waals surface area contributed by atoms with Gasteiger partial charge in [-0.15, -0.1) is 0 Å². The molecule has 3 heteroatoms. The van der Waals surface area contributed by atoms with Gasteiger partial charge in [-0.3, -0.25) is 4.90 Å². The molecule has 1 saturated heterocycles. The normalized spacial score (nSPS) is 17.4. The topological polar surface area (TPSA) is 38.5 Å². The smallest absolute Gasteiger partial charge is 0.123 e. The van der Waals surface area contributed by atoms with E-state index in [4.69, 9.17) is 10.5 Å². The van der Waals surface area contributed by atoms with Crippen LogP contribution >= 0.6 is 0 Å². The Balaban J connectivity index is 1.96. The second-order valence-corrected chi connectivity index (χ2v) is 5.86. The van der Waals surface area contributed by atoms with Crippen LogP contribution in [0.3, 0.4) is 0 Å². The van der Waals surface area contributed by atoms with E-state index in [-0.39, 0.29) is 0 Å². The molecular formula is C17H28N2O. The Morgan fingerprint density at radius 3 is 2.65 bits per heavy atom. The highest BCUT2D eigenvalue weighted by Crippen LogP contribution is 2.26. The molecule has 0 radical (unpaired) electrons. The lowest BCUT2D eigenvalue weighted by atomic mass is 9.92. The summed E-state index contributed by atoms with van der Waals surface area (Å²) in [5, 5.41) is 0. The lowest BCUT2D eigenvalue weighted by Gasteiger charge is -2.32. The summed E-state index contributed by atoms with van der Waals surface area (Å²) in [7, 11) is 1.74. The highest BCUT2D eigenvalue weighted by atomic mass is 16.5. The molecule has 112 valence electrons. The number of hydrogen-bond donors (Lipinski definition) is 1. The summed E-state index contributed by atoms with van der Waals surface area (Å²) in [5.41, 5.74) is 8.19. The van der Waals surface area contributed by atoms with E-state index in [1.807, 2.05) is 6.07 Å². The fourth-order valence-corrected chi connectivity index (χ4v) is 3.16. The second-order valence-electron chi connectivity index (χ2n) is 5.86. The van der Waals surface area contributed by atoms with E-state index < -0.39 is 0 Å². The number of hydrogen-bond acceptors (Lipinski definition) is 3. The van der Waals surface area contributed by atoms with Gasteiger partial charge in [0.1, 0.15) is 5.75 Å². The van der Waals surface area contributed by atoms with E-state index in [1.54, 1.807) is 7.11 Å². The first kappa shape index (κ1) is 15.3. The third-order valence-electron chi connectivity index (χ3n) is 4.38. The van der Waals surface area contributed by atoms with Crippen LogP contribution in [0.4, 0.5) is 0 Å².